The average molecular weight is 273 g/mol. The van der Waals surface area contributed by atoms with E-state index in [1.165, 1.54) is 4.72 Å². The molecule has 0 amide bonds. The molecule has 2 N–H and O–H groups in total. The monoisotopic (exact) mass is 273 g/mol. The Kier molecular flexibility index (Phi) is 3.94. The quantitative estimate of drug-likeness (QED) is 0.634. The van der Waals surface area contributed by atoms with E-state index in [2.05, 4.69) is 0 Å². The van der Waals surface area contributed by atoms with Gasteiger partial charge in [-0.05, 0) is 0 Å². The van der Waals surface area contributed by atoms with Crippen LogP contribution < -0.4 is 4.72 Å². The molecule has 0 atom stereocenters. The topological polar surface area (TPSA) is 66.4 Å². The molecule has 0 bridgehead atoms. The predicted octanol–water partition coefficient (Wildman–Crippen LogP) is 0.977. The summed E-state index contributed by atoms with van der Waals surface area (Å²) in [4.78, 5) is 0. The number of nitrogens with one attached hydrogen (secondary N) is 1. The highest BCUT2D eigenvalue weighted by atomic mass is 32.2. The van der Waals surface area contributed by atoms with E-state index >= 15 is 0 Å². The van der Waals surface area contributed by atoms with Gasteiger partial charge in [-0.25, -0.2) is 26.0 Å². The van der Waals surface area contributed by atoms with Crippen molar-refractivity contribution in [1.82, 2.24) is 0 Å². The van der Waals surface area contributed by atoms with Crippen LogP contribution in [0.4, 0.5) is 23.2 Å². The van der Waals surface area contributed by atoms with Crippen LogP contribution in [0, 0.1) is 23.3 Å². The Labute approximate surface area is 93.9 Å². The second-order valence-electron chi connectivity index (χ2n) is 2.99. The third kappa shape index (κ3) is 3.07. The molecule has 9 heteroatoms. The summed E-state index contributed by atoms with van der Waals surface area (Å²) in [7, 11) is -4.28. The fourth-order valence-electron chi connectivity index (χ4n) is 0.989. The van der Waals surface area contributed by atoms with Gasteiger partial charge in [0.2, 0.25) is 10.0 Å². The van der Waals surface area contributed by atoms with E-state index in [4.69, 9.17) is 5.11 Å². The van der Waals surface area contributed by atoms with Gasteiger partial charge in [-0.3, -0.25) is 4.72 Å². The fraction of sp³-hybridized carbons (Fsp3) is 0.250. The summed E-state index contributed by atoms with van der Waals surface area (Å²) in [6.45, 7) is -0.809. The Bertz CT molecular complexity index is 506. The summed E-state index contributed by atoms with van der Waals surface area (Å²) in [6, 6.07) is -0.0471. The molecule has 0 fully saturated rings. The first-order valence-electron chi connectivity index (χ1n) is 4.23. The highest BCUT2D eigenvalue weighted by Crippen LogP contribution is 2.24. The summed E-state index contributed by atoms with van der Waals surface area (Å²) in [5, 5.41) is 8.37. The second kappa shape index (κ2) is 4.88. The Morgan fingerprint density at radius 1 is 1.12 bits per heavy atom. The van der Waals surface area contributed by atoms with Gasteiger partial charge in [0.05, 0.1) is 12.4 Å². The van der Waals surface area contributed by atoms with Crippen LogP contribution in [0.2, 0.25) is 0 Å². The van der Waals surface area contributed by atoms with Gasteiger partial charge < -0.3 is 5.11 Å². The number of halogens is 4. The van der Waals surface area contributed by atoms with Crippen molar-refractivity contribution in [3.8, 4) is 0 Å². The molecule has 0 radical (unpaired) electrons. The van der Waals surface area contributed by atoms with Gasteiger partial charge in [0.1, 0.15) is 5.69 Å². The standard InChI is InChI=1S/C8H7F4NO3S/c9-4-3-5(10)7(12)8(6(4)11)13-17(15,16)2-1-14/h3,13-14H,1-2H2. The number of aliphatic hydroxyl groups excluding tert-OH is 1. The first-order valence-corrected chi connectivity index (χ1v) is 5.88. The van der Waals surface area contributed by atoms with Crippen molar-refractivity contribution in [2.75, 3.05) is 17.1 Å². The summed E-state index contributed by atoms with van der Waals surface area (Å²) < 4.78 is 75.0. The number of sulfonamides is 1. The van der Waals surface area contributed by atoms with E-state index in [-0.39, 0.29) is 6.07 Å². The van der Waals surface area contributed by atoms with Gasteiger partial charge in [0, 0.05) is 6.07 Å². The number of hydrogen-bond acceptors (Lipinski definition) is 3. The lowest BCUT2D eigenvalue weighted by molar-refractivity contribution is 0.320. The van der Waals surface area contributed by atoms with Gasteiger partial charge >= 0.3 is 0 Å². The summed E-state index contributed by atoms with van der Waals surface area (Å²) in [5.74, 6) is -8.03. The maximum absolute atomic E-state index is 13.0. The lowest BCUT2D eigenvalue weighted by Crippen LogP contribution is -2.21. The van der Waals surface area contributed by atoms with E-state index < -0.39 is 51.3 Å². The van der Waals surface area contributed by atoms with Crippen LogP contribution >= 0.6 is 0 Å². The van der Waals surface area contributed by atoms with Gasteiger partial charge in [0.15, 0.2) is 23.3 Å². The maximum atomic E-state index is 13.0. The molecule has 0 spiro atoms. The van der Waals surface area contributed by atoms with Crippen LogP contribution in [0.15, 0.2) is 6.07 Å². The molecule has 0 saturated carbocycles. The molecule has 0 aliphatic heterocycles. The molecule has 0 heterocycles. The molecule has 1 rings (SSSR count). The molecule has 17 heavy (non-hydrogen) atoms. The molecule has 0 saturated heterocycles. The zero-order chi connectivity index (χ0) is 13.2. The highest BCUT2D eigenvalue weighted by molar-refractivity contribution is 7.92. The number of benzene rings is 1. The smallest absolute Gasteiger partial charge is 0.235 e. The molecule has 0 aromatic heterocycles. The van der Waals surface area contributed by atoms with Crippen molar-refractivity contribution in [3.05, 3.63) is 29.3 Å². The third-order valence-electron chi connectivity index (χ3n) is 1.73. The van der Waals surface area contributed by atoms with E-state index in [0.29, 0.717) is 0 Å². The minimum atomic E-state index is -4.28. The molecule has 0 aliphatic carbocycles. The molecule has 1 aromatic carbocycles. The van der Waals surface area contributed by atoms with Crippen LogP contribution in [0.3, 0.4) is 0 Å². The Morgan fingerprint density at radius 2 is 1.59 bits per heavy atom. The van der Waals surface area contributed by atoms with E-state index in [9.17, 15) is 26.0 Å². The minimum Gasteiger partial charge on any atom is -0.395 e. The van der Waals surface area contributed by atoms with Crippen molar-refractivity contribution >= 4 is 15.7 Å². The van der Waals surface area contributed by atoms with Crippen LogP contribution in [-0.2, 0) is 10.0 Å². The van der Waals surface area contributed by atoms with Crippen LogP contribution in [0.5, 0.6) is 0 Å². The molecular formula is C8H7F4NO3S. The fourth-order valence-corrected chi connectivity index (χ4v) is 1.82. The Balaban J connectivity index is 3.24. The Hall–Kier alpha value is -1.35. The first-order chi connectivity index (χ1) is 7.78. The van der Waals surface area contributed by atoms with Crippen molar-refractivity contribution < 1.29 is 31.1 Å². The molecule has 0 aliphatic rings. The molecular weight excluding hydrogens is 266 g/mol. The first kappa shape index (κ1) is 13.7. The van der Waals surface area contributed by atoms with Gasteiger partial charge in [-0.15, -0.1) is 0 Å². The zero-order valence-electron chi connectivity index (χ0n) is 8.18. The number of anilines is 1. The lowest BCUT2D eigenvalue weighted by atomic mass is 10.3. The highest BCUT2D eigenvalue weighted by Gasteiger charge is 2.22. The third-order valence-corrected chi connectivity index (χ3v) is 2.96. The lowest BCUT2D eigenvalue weighted by Gasteiger charge is -2.09. The van der Waals surface area contributed by atoms with Crippen molar-refractivity contribution in [3.63, 3.8) is 0 Å². The van der Waals surface area contributed by atoms with Crippen LogP contribution in [0.25, 0.3) is 0 Å². The van der Waals surface area contributed by atoms with Gasteiger partial charge in [0.25, 0.3) is 0 Å². The molecule has 0 unspecified atom stereocenters. The van der Waals surface area contributed by atoms with Crippen LogP contribution in [0.1, 0.15) is 0 Å². The van der Waals surface area contributed by atoms with Crippen molar-refractivity contribution in [1.29, 1.82) is 0 Å². The summed E-state index contributed by atoms with van der Waals surface area (Å²) in [6.07, 6.45) is 0. The van der Waals surface area contributed by atoms with E-state index in [0.717, 1.165) is 0 Å². The maximum Gasteiger partial charge on any atom is 0.235 e. The SMILES string of the molecule is O=S(=O)(CCO)Nc1c(F)c(F)cc(F)c1F. The predicted molar refractivity (Wildman–Crippen MR) is 50.8 cm³/mol. The number of rotatable bonds is 4. The van der Waals surface area contributed by atoms with E-state index in [1.54, 1.807) is 0 Å². The molecule has 4 nitrogen and oxygen atoms in total. The van der Waals surface area contributed by atoms with E-state index in [1.807, 2.05) is 0 Å². The molecule has 96 valence electrons. The molecule has 1 aromatic rings. The Morgan fingerprint density at radius 3 is 2.00 bits per heavy atom. The number of hydrogen-bond donors (Lipinski definition) is 2. The van der Waals surface area contributed by atoms with Gasteiger partial charge in [-0.2, -0.15) is 0 Å². The number of aliphatic hydroxyl groups is 1. The minimum absolute atomic E-state index is 0.0471. The summed E-state index contributed by atoms with van der Waals surface area (Å²) in [5.41, 5.74) is -1.45. The van der Waals surface area contributed by atoms with Crippen LogP contribution in [-0.4, -0.2) is 25.9 Å². The normalized spacial score (nSPS) is 11.6. The van der Waals surface area contributed by atoms with Crippen molar-refractivity contribution in [2.45, 2.75) is 0 Å². The largest absolute Gasteiger partial charge is 0.395 e. The average Bonchev–Trinajstić information content (AvgIpc) is 2.21. The zero-order valence-corrected chi connectivity index (χ0v) is 8.99. The summed E-state index contributed by atoms with van der Waals surface area (Å²) >= 11 is 0. The second-order valence-corrected chi connectivity index (χ2v) is 4.83. The van der Waals surface area contributed by atoms with Gasteiger partial charge in [-0.1, -0.05) is 0 Å². The van der Waals surface area contributed by atoms with Crippen molar-refractivity contribution in [2.24, 2.45) is 0 Å².